The second kappa shape index (κ2) is 3.43. The maximum absolute atomic E-state index is 3.34. The second-order valence-electron chi connectivity index (χ2n) is 1.15. The molecule has 7 heavy (non-hydrogen) atoms. The van der Waals surface area contributed by atoms with Crippen LogP contribution >= 0.6 is 48.0 Å². The molecule has 0 rings (SSSR count). The van der Waals surface area contributed by atoms with E-state index >= 15 is 0 Å². The van der Waals surface area contributed by atoms with Crippen LogP contribution in [0.5, 0.6) is 0 Å². The van der Waals surface area contributed by atoms with Gasteiger partial charge >= 0.3 is 0 Å². The number of hydrogen-bond donors (Lipinski definition) is 1. The predicted octanol–water partition coefficient (Wildman–Crippen LogP) is 2.74. The third kappa shape index (κ3) is 3.94. The number of halogens is 3. The largest absolute Gasteiger partial charge is 0.230 e. The van der Waals surface area contributed by atoms with Crippen LogP contribution in [-0.2, 0) is 0 Å². The molecule has 0 aliphatic heterocycles. The maximum Gasteiger partial charge on any atom is 0.139 e. The fourth-order valence-corrected chi connectivity index (χ4v) is 0.347. The Kier molecular flexibility index (Phi) is 4.12. The van der Waals surface area contributed by atoms with Crippen LogP contribution in [0.25, 0.3) is 0 Å². The van der Waals surface area contributed by atoms with E-state index in [9.17, 15) is 0 Å². The maximum atomic E-state index is 3.34. The molecule has 0 unspecified atom stereocenters. The highest BCUT2D eigenvalue weighted by Crippen LogP contribution is 2.26. The molecular formula is C3H6Br3N. The molecule has 0 aliphatic rings. The van der Waals surface area contributed by atoms with Crippen LogP contribution in [0.15, 0.2) is 0 Å². The number of rotatable bonds is 2. The summed E-state index contributed by atoms with van der Waals surface area (Å²) in [5, 5.41) is 0. The Morgan fingerprint density at radius 2 is 2.00 bits per heavy atom. The molecule has 44 valence electrons. The van der Waals surface area contributed by atoms with E-state index in [1.165, 1.54) is 0 Å². The van der Waals surface area contributed by atoms with Gasteiger partial charge in [-0.2, -0.15) is 0 Å². The minimum absolute atomic E-state index is 0.125. The summed E-state index contributed by atoms with van der Waals surface area (Å²) in [6.07, 6.45) is 0.970. The Morgan fingerprint density at radius 1 is 1.57 bits per heavy atom. The van der Waals surface area contributed by atoms with Crippen molar-refractivity contribution in [1.82, 2.24) is 4.34 Å². The molecule has 0 aromatic heterocycles. The molecule has 0 heterocycles. The lowest BCUT2D eigenvalue weighted by Crippen LogP contribution is -2.22. The minimum Gasteiger partial charge on any atom is -0.230 e. The molecule has 0 aliphatic carbocycles. The van der Waals surface area contributed by atoms with Crippen molar-refractivity contribution >= 4 is 48.0 Å². The topological polar surface area (TPSA) is 12.0 Å². The van der Waals surface area contributed by atoms with Crippen molar-refractivity contribution in [3.63, 3.8) is 0 Å². The Labute approximate surface area is 68.8 Å². The third-order valence-electron chi connectivity index (χ3n) is 0.582. The van der Waals surface area contributed by atoms with Gasteiger partial charge in [-0.1, -0.05) is 38.8 Å². The van der Waals surface area contributed by atoms with Crippen LogP contribution in [0, 0.1) is 0 Å². The molecular weight excluding hydrogens is 290 g/mol. The van der Waals surface area contributed by atoms with Gasteiger partial charge < -0.3 is 0 Å². The van der Waals surface area contributed by atoms with Gasteiger partial charge in [0.05, 0.1) is 0 Å². The monoisotopic (exact) mass is 293 g/mol. The molecule has 0 saturated heterocycles. The normalized spacial score (nSPS) is 12.0. The minimum atomic E-state index is -0.125. The van der Waals surface area contributed by atoms with Gasteiger partial charge in [-0.25, -0.2) is 4.34 Å². The highest BCUT2D eigenvalue weighted by atomic mass is 79.9. The van der Waals surface area contributed by atoms with Crippen LogP contribution in [0.4, 0.5) is 0 Å². The summed E-state index contributed by atoms with van der Waals surface area (Å²) in [5.41, 5.74) is 0. The third-order valence-corrected chi connectivity index (χ3v) is 3.84. The Bertz CT molecular complexity index is 48.1. The zero-order chi connectivity index (χ0) is 5.91. The molecule has 0 radical (unpaired) electrons. The SMILES string of the molecule is CCC(Br)(Br)NBr. The summed E-state index contributed by atoms with van der Waals surface area (Å²) in [4.78, 5) is 0. The van der Waals surface area contributed by atoms with Crippen molar-refractivity contribution in [2.45, 2.75) is 16.7 Å². The van der Waals surface area contributed by atoms with E-state index in [2.05, 4.69) is 59.3 Å². The summed E-state index contributed by atoms with van der Waals surface area (Å²) in [6, 6.07) is 0. The van der Waals surface area contributed by atoms with Crippen molar-refractivity contribution in [2.24, 2.45) is 0 Å². The molecule has 0 amide bonds. The number of nitrogens with one attached hydrogen (secondary N) is 1. The van der Waals surface area contributed by atoms with Crippen molar-refractivity contribution in [3.8, 4) is 0 Å². The molecule has 0 atom stereocenters. The lowest BCUT2D eigenvalue weighted by atomic mass is 10.5. The van der Waals surface area contributed by atoms with E-state index in [-0.39, 0.29) is 3.36 Å². The molecule has 4 heteroatoms. The fraction of sp³-hybridized carbons (Fsp3) is 1.00. The first-order valence-electron chi connectivity index (χ1n) is 1.88. The Morgan fingerprint density at radius 3 is 2.00 bits per heavy atom. The number of alkyl halides is 2. The zero-order valence-electron chi connectivity index (χ0n) is 3.84. The van der Waals surface area contributed by atoms with Crippen molar-refractivity contribution in [1.29, 1.82) is 0 Å². The van der Waals surface area contributed by atoms with Gasteiger partial charge in [0.2, 0.25) is 0 Å². The first-order valence-corrected chi connectivity index (χ1v) is 4.26. The summed E-state index contributed by atoms with van der Waals surface area (Å²) in [7, 11) is 0. The average Bonchev–Trinajstić information content (AvgIpc) is 1.68. The average molecular weight is 296 g/mol. The van der Waals surface area contributed by atoms with E-state index in [1.807, 2.05) is 0 Å². The van der Waals surface area contributed by atoms with Gasteiger partial charge in [0.1, 0.15) is 3.36 Å². The highest BCUT2D eigenvalue weighted by molar-refractivity contribution is 9.26. The van der Waals surface area contributed by atoms with Crippen LogP contribution in [0.2, 0.25) is 0 Å². The molecule has 0 aromatic rings. The first kappa shape index (κ1) is 8.40. The highest BCUT2D eigenvalue weighted by Gasteiger charge is 2.15. The van der Waals surface area contributed by atoms with Gasteiger partial charge in [0, 0.05) is 16.1 Å². The molecule has 0 aromatic carbocycles. The molecule has 1 N–H and O–H groups in total. The van der Waals surface area contributed by atoms with E-state index in [1.54, 1.807) is 0 Å². The summed E-state index contributed by atoms with van der Waals surface area (Å²) < 4.78 is 2.71. The molecule has 0 spiro atoms. The standard InChI is InChI=1S/C3H6Br3N/c1-2-3(4,5)7-6/h7H,2H2,1H3. The Hall–Kier alpha value is 1.40. The van der Waals surface area contributed by atoms with Crippen LogP contribution < -0.4 is 4.34 Å². The van der Waals surface area contributed by atoms with E-state index in [4.69, 9.17) is 0 Å². The zero-order valence-corrected chi connectivity index (χ0v) is 8.60. The predicted molar refractivity (Wildman–Crippen MR) is 42.9 cm³/mol. The van der Waals surface area contributed by atoms with Crippen LogP contribution in [-0.4, -0.2) is 3.36 Å². The fourth-order valence-electron chi connectivity index (χ4n) is 0.0668. The molecule has 0 fully saturated rings. The van der Waals surface area contributed by atoms with Crippen LogP contribution in [0.1, 0.15) is 13.3 Å². The van der Waals surface area contributed by atoms with Gasteiger partial charge in [0.25, 0.3) is 0 Å². The lowest BCUT2D eigenvalue weighted by Gasteiger charge is -2.13. The van der Waals surface area contributed by atoms with Gasteiger partial charge in [-0.3, -0.25) is 0 Å². The lowest BCUT2D eigenvalue weighted by molar-refractivity contribution is 0.797. The van der Waals surface area contributed by atoms with Crippen molar-refractivity contribution < 1.29 is 0 Å². The Balaban J connectivity index is 3.36. The first-order chi connectivity index (χ1) is 3.12. The van der Waals surface area contributed by atoms with E-state index in [0.717, 1.165) is 6.42 Å². The summed E-state index contributed by atoms with van der Waals surface area (Å²) >= 11 is 9.76. The second-order valence-corrected chi connectivity index (χ2v) is 5.32. The molecule has 0 bridgehead atoms. The van der Waals surface area contributed by atoms with Gasteiger partial charge in [-0.15, -0.1) is 0 Å². The van der Waals surface area contributed by atoms with E-state index < -0.39 is 0 Å². The summed E-state index contributed by atoms with van der Waals surface area (Å²) in [6.45, 7) is 2.05. The van der Waals surface area contributed by atoms with Crippen LogP contribution in [0.3, 0.4) is 0 Å². The molecule has 0 saturated carbocycles. The molecule has 1 nitrogen and oxygen atoms in total. The van der Waals surface area contributed by atoms with Crippen molar-refractivity contribution in [3.05, 3.63) is 0 Å². The van der Waals surface area contributed by atoms with Crippen molar-refractivity contribution in [2.75, 3.05) is 0 Å². The van der Waals surface area contributed by atoms with Gasteiger partial charge in [-0.05, 0) is 6.42 Å². The van der Waals surface area contributed by atoms with Gasteiger partial charge in [0.15, 0.2) is 0 Å². The smallest absolute Gasteiger partial charge is 0.139 e. The number of hydrogen-bond acceptors (Lipinski definition) is 1. The quantitative estimate of drug-likeness (QED) is 0.469. The summed E-state index contributed by atoms with van der Waals surface area (Å²) in [5.74, 6) is 0. The van der Waals surface area contributed by atoms with E-state index in [0.29, 0.717) is 0 Å².